The number of unbranched alkanes of at least 4 members (excludes halogenated alkanes) is 9. The Bertz CT molecular complexity index is 459. The van der Waals surface area contributed by atoms with Crippen LogP contribution in [0.15, 0.2) is 0 Å². The first-order valence-corrected chi connectivity index (χ1v) is 12.0. The van der Waals surface area contributed by atoms with Crippen LogP contribution in [-0.2, 0) is 13.6 Å². The first-order valence-electron chi connectivity index (χ1n) is 10.5. The van der Waals surface area contributed by atoms with Crippen molar-refractivity contribution in [3.63, 3.8) is 0 Å². The third-order valence-electron chi connectivity index (χ3n) is 3.96. The third kappa shape index (κ3) is 31.9. The third-order valence-corrected chi connectivity index (χ3v) is 4.85. The van der Waals surface area contributed by atoms with Gasteiger partial charge in [-0.1, -0.05) is 58.3 Å². The average molecular weight is 489 g/mol. The maximum Gasteiger partial charge on any atom is 0.412 e. The Morgan fingerprint density at radius 3 is 1.32 bits per heavy atom. The molecule has 0 saturated heterocycles. The van der Waals surface area contributed by atoms with Crippen molar-refractivity contribution in [2.75, 3.05) is 40.9 Å². The lowest BCUT2D eigenvalue weighted by atomic mass is 10.1. The van der Waals surface area contributed by atoms with Crippen LogP contribution in [0.25, 0.3) is 0 Å². The summed E-state index contributed by atoms with van der Waals surface area (Å²) in [5.41, 5.74) is 0. The Morgan fingerprint density at radius 2 is 1.03 bits per heavy atom. The normalized spacial score (nSPS) is 13.1. The number of alkyl halides is 6. The summed E-state index contributed by atoms with van der Waals surface area (Å²) in [7, 11) is 1.28. The molecule has 0 rings (SSSR count). The topological polar surface area (TPSA) is 58.6 Å². The standard InChI is InChI=1S/C15H34N.C4H5F6O4P/c1-5-6-7-8-9-10-11-12-13-14-15-16(2,3)4;5-3(6,7)1-13-15(11,12)14-2-4(8,9)10/h5-15H2,1-4H3;1-2H2,(H,11,12)/q+1;/p-1. The molecule has 0 aliphatic heterocycles. The lowest BCUT2D eigenvalue weighted by Crippen LogP contribution is -2.35. The quantitative estimate of drug-likeness (QED) is 0.119. The molecule has 0 aliphatic rings. The van der Waals surface area contributed by atoms with Crippen LogP contribution in [0, 0.1) is 0 Å². The summed E-state index contributed by atoms with van der Waals surface area (Å²) < 4.78 is 86.1. The number of phosphoric ester groups is 1. The van der Waals surface area contributed by atoms with Crippen molar-refractivity contribution in [1.82, 2.24) is 0 Å². The van der Waals surface area contributed by atoms with E-state index in [9.17, 15) is 35.8 Å². The molecule has 0 N–H and O–H groups in total. The van der Waals surface area contributed by atoms with E-state index in [1.54, 1.807) is 0 Å². The highest BCUT2D eigenvalue weighted by molar-refractivity contribution is 7.45. The second-order valence-corrected chi connectivity index (χ2v) is 9.83. The summed E-state index contributed by atoms with van der Waals surface area (Å²) in [4.78, 5) is 10.3. The number of nitrogens with zero attached hydrogens (tertiary/aromatic N) is 1. The molecule has 0 saturated carbocycles. The smallest absolute Gasteiger partial charge is 0.412 e. The molecule has 0 atom stereocenters. The Kier molecular flexibility index (Phi) is 17.3. The second-order valence-electron chi connectivity index (χ2n) is 8.42. The molecule has 0 radical (unpaired) electrons. The first kappa shape index (κ1) is 32.8. The number of hydrogen-bond donors (Lipinski definition) is 0. The zero-order chi connectivity index (χ0) is 24.6. The summed E-state index contributed by atoms with van der Waals surface area (Å²) in [6.45, 7) is -0.846. The fourth-order valence-electron chi connectivity index (χ4n) is 2.42. The molecule has 0 aromatic rings. The molecular formula is C19H38F6NO4P. The minimum Gasteiger partial charge on any atom is -0.756 e. The van der Waals surface area contributed by atoms with Gasteiger partial charge in [0.25, 0.3) is 7.82 Å². The maximum atomic E-state index is 11.4. The zero-order valence-corrected chi connectivity index (χ0v) is 19.9. The first-order chi connectivity index (χ1) is 14.0. The highest BCUT2D eigenvalue weighted by atomic mass is 31.2. The number of phosphoric acid groups is 1. The van der Waals surface area contributed by atoms with Crippen LogP contribution in [0.5, 0.6) is 0 Å². The molecule has 31 heavy (non-hydrogen) atoms. The van der Waals surface area contributed by atoms with E-state index in [0.717, 1.165) is 4.48 Å². The molecule has 0 aromatic heterocycles. The van der Waals surface area contributed by atoms with Crippen molar-refractivity contribution in [2.45, 2.75) is 83.5 Å². The number of rotatable bonds is 15. The van der Waals surface area contributed by atoms with Crippen LogP contribution >= 0.6 is 7.82 Å². The van der Waals surface area contributed by atoms with E-state index in [0.29, 0.717) is 0 Å². The molecule has 0 bridgehead atoms. The van der Waals surface area contributed by atoms with Gasteiger partial charge in [0.15, 0.2) is 13.2 Å². The van der Waals surface area contributed by atoms with E-state index in [1.165, 1.54) is 70.8 Å². The fourth-order valence-corrected chi connectivity index (χ4v) is 3.10. The van der Waals surface area contributed by atoms with Gasteiger partial charge in [0.05, 0.1) is 27.7 Å². The van der Waals surface area contributed by atoms with Gasteiger partial charge in [-0.15, -0.1) is 0 Å². The minimum absolute atomic E-state index is 1.12. The molecule has 0 unspecified atom stereocenters. The molecule has 0 fully saturated rings. The second kappa shape index (κ2) is 16.3. The molecule has 0 amide bonds. The van der Waals surface area contributed by atoms with Crippen molar-refractivity contribution in [1.29, 1.82) is 0 Å². The van der Waals surface area contributed by atoms with E-state index in [1.807, 2.05) is 0 Å². The maximum absolute atomic E-state index is 11.4. The van der Waals surface area contributed by atoms with Gasteiger partial charge >= 0.3 is 12.4 Å². The van der Waals surface area contributed by atoms with E-state index < -0.39 is 33.4 Å². The largest absolute Gasteiger partial charge is 0.756 e. The van der Waals surface area contributed by atoms with Gasteiger partial charge in [0.2, 0.25) is 0 Å². The predicted octanol–water partition coefficient (Wildman–Crippen LogP) is 6.23. The molecule has 190 valence electrons. The molecule has 0 spiro atoms. The SMILES string of the molecule is CCCCCCCCCCCC[N+](C)(C)C.O=P([O-])(OCC(F)(F)F)OCC(F)(F)F. The lowest BCUT2D eigenvalue weighted by Gasteiger charge is -2.23. The van der Waals surface area contributed by atoms with Crippen LogP contribution in [0.2, 0.25) is 0 Å². The number of hydrogen-bond acceptors (Lipinski definition) is 4. The van der Waals surface area contributed by atoms with Gasteiger partial charge < -0.3 is 18.4 Å². The van der Waals surface area contributed by atoms with Gasteiger partial charge in [0.1, 0.15) is 0 Å². The Balaban J connectivity index is 0. The highest BCUT2D eigenvalue weighted by Crippen LogP contribution is 2.41. The van der Waals surface area contributed by atoms with Crippen molar-refractivity contribution in [2.24, 2.45) is 0 Å². The molecule has 0 aromatic carbocycles. The Hall–Kier alpha value is -0.350. The van der Waals surface area contributed by atoms with Crippen molar-refractivity contribution in [3.05, 3.63) is 0 Å². The lowest BCUT2D eigenvalue weighted by molar-refractivity contribution is -0.870. The van der Waals surface area contributed by atoms with Crippen LogP contribution in [-0.4, -0.2) is 57.7 Å². The van der Waals surface area contributed by atoms with E-state index in [4.69, 9.17) is 0 Å². The Labute approximate surface area is 182 Å². The van der Waals surface area contributed by atoms with Crippen molar-refractivity contribution < 1.29 is 49.3 Å². The van der Waals surface area contributed by atoms with E-state index >= 15 is 0 Å². The molecule has 0 aliphatic carbocycles. The van der Waals surface area contributed by atoms with Crippen LogP contribution in [0.1, 0.15) is 71.1 Å². The van der Waals surface area contributed by atoms with Gasteiger partial charge in [-0.2, -0.15) is 26.3 Å². The summed E-state index contributed by atoms with van der Waals surface area (Å²) in [6.07, 6.45) is 4.47. The molecular weight excluding hydrogens is 451 g/mol. The summed E-state index contributed by atoms with van der Waals surface area (Å²) in [5, 5.41) is 0. The highest BCUT2D eigenvalue weighted by Gasteiger charge is 2.33. The van der Waals surface area contributed by atoms with Gasteiger partial charge in [-0.05, 0) is 12.8 Å². The van der Waals surface area contributed by atoms with Gasteiger partial charge in [-0.3, -0.25) is 4.57 Å². The molecule has 12 heteroatoms. The van der Waals surface area contributed by atoms with Crippen LogP contribution < -0.4 is 4.89 Å². The summed E-state index contributed by atoms with van der Waals surface area (Å²) >= 11 is 0. The summed E-state index contributed by atoms with van der Waals surface area (Å²) in [5.74, 6) is 0. The zero-order valence-electron chi connectivity index (χ0n) is 19.0. The van der Waals surface area contributed by atoms with Crippen LogP contribution in [0.3, 0.4) is 0 Å². The van der Waals surface area contributed by atoms with Crippen molar-refractivity contribution >= 4 is 7.82 Å². The Morgan fingerprint density at radius 1 is 0.710 bits per heavy atom. The monoisotopic (exact) mass is 489 g/mol. The molecule has 5 nitrogen and oxygen atoms in total. The summed E-state index contributed by atoms with van der Waals surface area (Å²) in [6, 6.07) is 0. The minimum atomic E-state index is -5.58. The van der Waals surface area contributed by atoms with Crippen LogP contribution in [0.4, 0.5) is 26.3 Å². The molecule has 0 heterocycles. The average Bonchev–Trinajstić information content (AvgIpc) is 2.59. The number of quaternary nitrogens is 1. The van der Waals surface area contributed by atoms with Gasteiger partial charge in [-0.25, -0.2) is 0 Å². The predicted molar refractivity (Wildman–Crippen MR) is 106 cm³/mol. The van der Waals surface area contributed by atoms with Crippen molar-refractivity contribution in [3.8, 4) is 0 Å². The van der Waals surface area contributed by atoms with E-state index in [2.05, 4.69) is 37.1 Å². The number of halogens is 6. The fraction of sp³-hybridized carbons (Fsp3) is 1.00. The van der Waals surface area contributed by atoms with Gasteiger partial charge in [0, 0.05) is 0 Å². The van der Waals surface area contributed by atoms with E-state index in [-0.39, 0.29) is 0 Å².